The zero-order valence-electron chi connectivity index (χ0n) is 16.6. The molecule has 0 spiro atoms. The molecule has 0 aliphatic heterocycles. The van der Waals surface area contributed by atoms with E-state index in [0.717, 1.165) is 21.6 Å². The predicted molar refractivity (Wildman–Crippen MR) is 114 cm³/mol. The van der Waals surface area contributed by atoms with E-state index in [9.17, 15) is 4.79 Å². The molecule has 0 radical (unpaired) electrons. The first-order valence-corrected chi connectivity index (χ1v) is 10.9. The first-order chi connectivity index (χ1) is 13.4. The van der Waals surface area contributed by atoms with E-state index in [-0.39, 0.29) is 11.8 Å². The van der Waals surface area contributed by atoms with Gasteiger partial charge in [0.15, 0.2) is 5.16 Å². The zero-order valence-corrected chi connectivity index (χ0v) is 18.2. The standard InChI is InChI=1S/C20H23N5OS2/c1-12(2)17-22-13(3)16(19(24-17)27-5)18(26)23-14-6-8-15(9-7-14)28-20-21-10-11-25(20)4/h6-12H,1-5H3,(H,23,26). The van der Waals surface area contributed by atoms with Gasteiger partial charge in [-0.05, 0) is 37.4 Å². The molecule has 0 saturated carbocycles. The van der Waals surface area contributed by atoms with Crippen LogP contribution < -0.4 is 5.32 Å². The van der Waals surface area contributed by atoms with Gasteiger partial charge in [-0.2, -0.15) is 0 Å². The summed E-state index contributed by atoms with van der Waals surface area (Å²) in [5, 5.41) is 4.58. The van der Waals surface area contributed by atoms with Crippen LogP contribution in [0.15, 0.2) is 51.7 Å². The lowest BCUT2D eigenvalue weighted by Crippen LogP contribution is -2.17. The molecule has 0 bridgehead atoms. The van der Waals surface area contributed by atoms with E-state index >= 15 is 0 Å². The molecule has 0 aliphatic rings. The Labute approximate surface area is 173 Å². The number of hydrogen-bond donors (Lipinski definition) is 1. The maximum atomic E-state index is 12.9. The number of amides is 1. The number of benzene rings is 1. The highest BCUT2D eigenvalue weighted by atomic mass is 32.2. The lowest BCUT2D eigenvalue weighted by atomic mass is 10.1. The second-order valence-corrected chi connectivity index (χ2v) is 8.44. The molecule has 6 nitrogen and oxygen atoms in total. The van der Waals surface area contributed by atoms with Gasteiger partial charge in [-0.1, -0.05) is 25.6 Å². The van der Waals surface area contributed by atoms with Crippen molar-refractivity contribution in [3.63, 3.8) is 0 Å². The minimum Gasteiger partial charge on any atom is -0.329 e. The second-order valence-electron chi connectivity index (χ2n) is 6.61. The predicted octanol–water partition coefficient (Wildman–Crippen LogP) is 4.77. The van der Waals surface area contributed by atoms with E-state index in [4.69, 9.17) is 0 Å². The molecule has 3 rings (SSSR count). The van der Waals surface area contributed by atoms with Crippen molar-refractivity contribution in [1.82, 2.24) is 19.5 Å². The first kappa shape index (κ1) is 20.4. The van der Waals surface area contributed by atoms with Crippen molar-refractivity contribution >= 4 is 35.1 Å². The number of rotatable bonds is 6. The summed E-state index contributed by atoms with van der Waals surface area (Å²) in [6.45, 7) is 5.95. The maximum Gasteiger partial charge on any atom is 0.260 e. The average molecular weight is 414 g/mol. The smallest absolute Gasteiger partial charge is 0.260 e. The van der Waals surface area contributed by atoms with Gasteiger partial charge < -0.3 is 9.88 Å². The molecule has 3 aromatic rings. The van der Waals surface area contributed by atoms with Gasteiger partial charge in [-0.3, -0.25) is 4.79 Å². The third-order valence-corrected chi connectivity index (χ3v) is 5.88. The third kappa shape index (κ3) is 4.56. The van der Waals surface area contributed by atoms with Crippen LogP contribution in [0.3, 0.4) is 0 Å². The van der Waals surface area contributed by atoms with Gasteiger partial charge in [0, 0.05) is 35.9 Å². The van der Waals surface area contributed by atoms with Crippen LogP contribution in [0, 0.1) is 6.92 Å². The number of anilines is 1. The highest BCUT2D eigenvalue weighted by molar-refractivity contribution is 7.99. The molecule has 8 heteroatoms. The summed E-state index contributed by atoms with van der Waals surface area (Å²) in [6.07, 6.45) is 5.61. The molecule has 0 aliphatic carbocycles. The van der Waals surface area contributed by atoms with E-state index in [1.165, 1.54) is 11.8 Å². The van der Waals surface area contributed by atoms with Gasteiger partial charge in [-0.15, -0.1) is 11.8 Å². The quantitative estimate of drug-likeness (QED) is 0.464. The highest BCUT2D eigenvalue weighted by Gasteiger charge is 2.19. The zero-order chi connectivity index (χ0) is 20.3. The van der Waals surface area contributed by atoms with E-state index in [0.29, 0.717) is 16.3 Å². The van der Waals surface area contributed by atoms with Crippen molar-refractivity contribution in [2.45, 2.75) is 41.8 Å². The molecule has 0 unspecified atom stereocenters. The lowest BCUT2D eigenvalue weighted by molar-refractivity contribution is 0.102. The van der Waals surface area contributed by atoms with E-state index in [2.05, 4.69) is 20.3 Å². The SMILES string of the molecule is CSc1nc(C(C)C)nc(C)c1C(=O)Nc1ccc(Sc2nccn2C)cc1. The Morgan fingerprint density at radius 3 is 2.46 bits per heavy atom. The number of nitrogens with one attached hydrogen (secondary N) is 1. The Morgan fingerprint density at radius 1 is 1.18 bits per heavy atom. The van der Waals surface area contributed by atoms with Crippen molar-refractivity contribution in [2.75, 3.05) is 11.6 Å². The molecule has 1 amide bonds. The van der Waals surface area contributed by atoms with Crippen molar-refractivity contribution in [3.8, 4) is 0 Å². The van der Waals surface area contributed by atoms with Crippen molar-refractivity contribution < 1.29 is 4.79 Å². The summed E-state index contributed by atoms with van der Waals surface area (Å²) in [5.74, 6) is 0.779. The van der Waals surface area contributed by atoms with Crippen LogP contribution in [0.4, 0.5) is 5.69 Å². The summed E-state index contributed by atoms with van der Waals surface area (Å²) >= 11 is 3.03. The number of carbonyl (C=O) groups excluding carboxylic acids is 1. The summed E-state index contributed by atoms with van der Waals surface area (Å²) in [4.78, 5) is 27.3. The molecule has 0 saturated heterocycles. The molecule has 28 heavy (non-hydrogen) atoms. The monoisotopic (exact) mass is 413 g/mol. The molecule has 2 heterocycles. The van der Waals surface area contributed by atoms with Crippen LogP contribution >= 0.6 is 23.5 Å². The molecule has 0 fully saturated rings. The average Bonchev–Trinajstić information content (AvgIpc) is 3.07. The van der Waals surface area contributed by atoms with Gasteiger partial charge >= 0.3 is 0 Å². The normalized spacial score (nSPS) is 11.1. The largest absolute Gasteiger partial charge is 0.329 e. The van der Waals surface area contributed by atoms with Gasteiger partial charge in [-0.25, -0.2) is 15.0 Å². The Kier molecular flexibility index (Phi) is 6.41. The Balaban J connectivity index is 1.77. The van der Waals surface area contributed by atoms with Crippen molar-refractivity contribution in [1.29, 1.82) is 0 Å². The first-order valence-electron chi connectivity index (χ1n) is 8.88. The lowest BCUT2D eigenvalue weighted by Gasteiger charge is -2.13. The van der Waals surface area contributed by atoms with Crippen LogP contribution in [-0.2, 0) is 7.05 Å². The van der Waals surface area contributed by atoms with Crippen molar-refractivity contribution in [3.05, 3.63) is 53.7 Å². The van der Waals surface area contributed by atoms with E-state index in [1.54, 1.807) is 18.0 Å². The number of carbonyl (C=O) groups is 1. The fourth-order valence-corrected chi connectivity index (χ4v) is 4.02. The minimum atomic E-state index is -0.193. The molecule has 1 N–H and O–H groups in total. The van der Waals surface area contributed by atoms with Gasteiger partial charge in [0.2, 0.25) is 0 Å². The van der Waals surface area contributed by atoms with Crippen molar-refractivity contribution in [2.24, 2.45) is 7.05 Å². The second kappa shape index (κ2) is 8.79. The van der Waals surface area contributed by atoms with Crippen LogP contribution in [0.2, 0.25) is 0 Å². The number of imidazole rings is 1. The number of nitrogens with zero attached hydrogens (tertiary/aromatic N) is 4. The van der Waals surface area contributed by atoms with Gasteiger partial charge in [0.05, 0.1) is 11.3 Å². The summed E-state index contributed by atoms with van der Waals surface area (Å²) < 4.78 is 1.97. The molecular formula is C20H23N5OS2. The van der Waals surface area contributed by atoms with Crippen LogP contribution in [-0.4, -0.2) is 31.7 Å². The van der Waals surface area contributed by atoms with Gasteiger partial charge in [0.25, 0.3) is 5.91 Å². The van der Waals surface area contributed by atoms with Gasteiger partial charge in [0.1, 0.15) is 10.9 Å². The minimum absolute atomic E-state index is 0.193. The Morgan fingerprint density at radius 2 is 1.89 bits per heavy atom. The van der Waals surface area contributed by atoms with Crippen LogP contribution in [0.5, 0.6) is 0 Å². The molecular weight excluding hydrogens is 390 g/mol. The molecule has 2 aromatic heterocycles. The number of hydrogen-bond acceptors (Lipinski definition) is 6. The maximum absolute atomic E-state index is 12.9. The number of aryl methyl sites for hydroxylation is 2. The molecule has 1 aromatic carbocycles. The summed E-state index contributed by atoms with van der Waals surface area (Å²) in [5.41, 5.74) is 1.96. The van der Waals surface area contributed by atoms with E-state index in [1.807, 2.05) is 69.1 Å². The summed E-state index contributed by atoms with van der Waals surface area (Å²) in [7, 11) is 1.96. The molecule has 146 valence electrons. The number of thioether (sulfide) groups is 1. The third-order valence-electron chi connectivity index (χ3n) is 4.11. The van der Waals surface area contributed by atoms with Crippen LogP contribution in [0.25, 0.3) is 0 Å². The highest BCUT2D eigenvalue weighted by Crippen LogP contribution is 2.28. The van der Waals surface area contributed by atoms with E-state index < -0.39 is 0 Å². The fraction of sp³-hybridized carbons (Fsp3) is 0.300. The topological polar surface area (TPSA) is 72.7 Å². The summed E-state index contributed by atoms with van der Waals surface area (Å²) in [6, 6.07) is 7.71. The Hall–Kier alpha value is -2.32. The fourth-order valence-electron chi connectivity index (χ4n) is 2.59. The number of aromatic nitrogens is 4. The molecule has 0 atom stereocenters. The Bertz CT molecular complexity index is 983. The van der Waals surface area contributed by atoms with Crippen LogP contribution in [0.1, 0.15) is 41.6 Å².